The summed E-state index contributed by atoms with van der Waals surface area (Å²) in [5.74, 6) is -0.556. The van der Waals surface area contributed by atoms with Gasteiger partial charge in [-0.3, -0.25) is 0 Å². The lowest BCUT2D eigenvalue weighted by molar-refractivity contribution is 0.0520. The van der Waals surface area contributed by atoms with Gasteiger partial charge in [0.1, 0.15) is 11.5 Å². The van der Waals surface area contributed by atoms with Crippen molar-refractivity contribution in [2.45, 2.75) is 26.7 Å². The summed E-state index contributed by atoms with van der Waals surface area (Å²) in [6, 6.07) is 8.32. The number of nitrogens with one attached hydrogen (secondary N) is 1. The van der Waals surface area contributed by atoms with Gasteiger partial charge in [0.2, 0.25) is 0 Å². The highest BCUT2D eigenvalue weighted by atomic mass is 19.1. The van der Waals surface area contributed by atoms with E-state index in [2.05, 4.69) is 4.98 Å². The number of H-pyrrole nitrogens is 1. The third kappa shape index (κ3) is 3.47. The van der Waals surface area contributed by atoms with E-state index in [0.717, 1.165) is 29.7 Å². The molecule has 0 amide bonds. The van der Waals surface area contributed by atoms with Crippen molar-refractivity contribution in [2.75, 3.05) is 6.61 Å². The maximum atomic E-state index is 12.8. The molecular formula is C16H18FNO2. The van der Waals surface area contributed by atoms with Crippen molar-refractivity contribution in [3.05, 3.63) is 58.7 Å². The molecule has 1 aromatic carbocycles. The van der Waals surface area contributed by atoms with E-state index in [1.165, 1.54) is 12.1 Å². The second-order valence-corrected chi connectivity index (χ2v) is 4.68. The minimum absolute atomic E-state index is 0.226. The summed E-state index contributed by atoms with van der Waals surface area (Å²) >= 11 is 0. The number of aryl methyl sites for hydroxylation is 3. The highest BCUT2D eigenvalue weighted by molar-refractivity contribution is 5.87. The lowest BCUT2D eigenvalue weighted by Gasteiger charge is -2.01. The fourth-order valence-corrected chi connectivity index (χ4v) is 2.11. The van der Waals surface area contributed by atoms with Crippen LogP contribution >= 0.6 is 0 Å². The lowest BCUT2D eigenvalue weighted by atomic mass is 10.0. The number of carbonyl (C=O) groups is 1. The molecule has 1 aromatic heterocycles. The Balaban J connectivity index is 2.02. The Morgan fingerprint density at radius 3 is 2.60 bits per heavy atom. The van der Waals surface area contributed by atoms with Crippen LogP contribution in [-0.2, 0) is 17.6 Å². The minimum Gasteiger partial charge on any atom is -0.461 e. The molecule has 0 aliphatic rings. The smallest absolute Gasteiger partial charge is 0.354 e. The summed E-state index contributed by atoms with van der Waals surface area (Å²) in [5.41, 5.74) is 3.61. The van der Waals surface area contributed by atoms with Crippen LogP contribution in [0.4, 0.5) is 4.39 Å². The predicted octanol–water partition coefficient (Wildman–Crippen LogP) is 3.42. The first-order valence-electron chi connectivity index (χ1n) is 6.70. The molecule has 0 aliphatic heterocycles. The number of aromatic nitrogens is 1. The molecular weight excluding hydrogens is 257 g/mol. The number of ether oxygens (including phenoxy) is 1. The number of hydrogen-bond acceptors (Lipinski definition) is 2. The van der Waals surface area contributed by atoms with Gasteiger partial charge in [0, 0.05) is 5.69 Å². The van der Waals surface area contributed by atoms with Crippen molar-refractivity contribution >= 4 is 5.97 Å². The third-order valence-electron chi connectivity index (χ3n) is 3.21. The summed E-state index contributed by atoms with van der Waals surface area (Å²) in [4.78, 5) is 14.7. The number of aromatic amines is 1. The highest BCUT2D eigenvalue weighted by Gasteiger charge is 2.12. The quantitative estimate of drug-likeness (QED) is 0.849. The van der Waals surface area contributed by atoms with Gasteiger partial charge in [-0.15, -0.1) is 0 Å². The zero-order valence-corrected chi connectivity index (χ0v) is 11.7. The highest BCUT2D eigenvalue weighted by Crippen LogP contribution is 2.15. The van der Waals surface area contributed by atoms with Crippen molar-refractivity contribution in [1.29, 1.82) is 0 Å². The molecule has 0 radical (unpaired) electrons. The molecule has 0 saturated heterocycles. The summed E-state index contributed by atoms with van der Waals surface area (Å²) in [6.07, 6.45) is 1.61. The van der Waals surface area contributed by atoms with Gasteiger partial charge in [-0.05, 0) is 56.0 Å². The number of esters is 1. The van der Waals surface area contributed by atoms with E-state index in [-0.39, 0.29) is 11.8 Å². The fraction of sp³-hybridized carbons (Fsp3) is 0.312. The van der Waals surface area contributed by atoms with E-state index in [4.69, 9.17) is 4.74 Å². The van der Waals surface area contributed by atoms with Crippen molar-refractivity contribution in [3.63, 3.8) is 0 Å². The van der Waals surface area contributed by atoms with Gasteiger partial charge >= 0.3 is 5.97 Å². The summed E-state index contributed by atoms with van der Waals surface area (Å²) in [5, 5.41) is 0. The molecule has 1 N–H and O–H groups in total. The Morgan fingerprint density at radius 1 is 1.25 bits per heavy atom. The van der Waals surface area contributed by atoms with Crippen LogP contribution in [0.3, 0.4) is 0 Å². The van der Waals surface area contributed by atoms with E-state index in [0.29, 0.717) is 12.3 Å². The summed E-state index contributed by atoms with van der Waals surface area (Å²) < 4.78 is 17.8. The summed E-state index contributed by atoms with van der Waals surface area (Å²) in [7, 11) is 0. The van der Waals surface area contributed by atoms with Crippen LogP contribution in [-0.4, -0.2) is 17.6 Å². The summed E-state index contributed by atoms with van der Waals surface area (Å²) in [6.45, 7) is 4.08. The standard InChI is InChI=1S/C16H18FNO2/c1-3-20-16(19)15-10-13(11(2)18-15)7-4-12-5-8-14(17)9-6-12/h5-6,8-10,18H,3-4,7H2,1-2H3. The van der Waals surface area contributed by atoms with Crippen LogP contribution in [0, 0.1) is 12.7 Å². The Hall–Kier alpha value is -2.10. The molecule has 4 heteroatoms. The largest absolute Gasteiger partial charge is 0.461 e. The molecule has 2 rings (SSSR count). The van der Waals surface area contributed by atoms with Gasteiger partial charge in [-0.25, -0.2) is 9.18 Å². The molecule has 0 fully saturated rings. The molecule has 106 valence electrons. The van der Waals surface area contributed by atoms with Crippen LogP contribution in [0.5, 0.6) is 0 Å². The van der Waals surface area contributed by atoms with Crippen molar-refractivity contribution in [3.8, 4) is 0 Å². The van der Waals surface area contributed by atoms with E-state index in [1.807, 2.05) is 13.0 Å². The van der Waals surface area contributed by atoms with Gasteiger partial charge in [0.05, 0.1) is 6.61 Å². The zero-order chi connectivity index (χ0) is 14.5. The second kappa shape index (κ2) is 6.37. The van der Waals surface area contributed by atoms with E-state index in [1.54, 1.807) is 19.1 Å². The van der Waals surface area contributed by atoms with Crippen LogP contribution in [0.2, 0.25) is 0 Å². The molecule has 0 atom stereocenters. The Morgan fingerprint density at radius 2 is 1.95 bits per heavy atom. The number of benzene rings is 1. The van der Waals surface area contributed by atoms with Gasteiger partial charge in [0.25, 0.3) is 0 Å². The Kier molecular flexibility index (Phi) is 4.56. The van der Waals surface area contributed by atoms with Crippen LogP contribution < -0.4 is 0 Å². The Labute approximate surface area is 117 Å². The first kappa shape index (κ1) is 14.3. The van der Waals surface area contributed by atoms with Gasteiger partial charge < -0.3 is 9.72 Å². The average Bonchev–Trinajstić information content (AvgIpc) is 2.80. The number of halogens is 1. The SMILES string of the molecule is CCOC(=O)c1cc(CCc2ccc(F)cc2)c(C)[nH]1. The Bertz CT molecular complexity index is 587. The van der Waals surface area contributed by atoms with Gasteiger partial charge in [-0.1, -0.05) is 12.1 Å². The average molecular weight is 275 g/mol. The monoisotopic (exact) mass is 275 g/mol. The van der Waals surface area contributed by atoms with Crippen molar-refractivity contribution < 1.29 is 13.9 Å². The van der Waals surface area contributed by atoms with E-state index in [9.17, 15) is 9.18 Å². The first-order valence-corrected chi connectivity index (χ1v) is 6.70. The number of carbonyl (C=O) groups excluding carboxylic acids is 1. The number of hydrogen-bond donors (Lipinski definition) is 1. The fourth-order valence-electron chi connectivity index (χ4n) is 2.11. The molecule has 2 aromatic rings. The molecule has 0 saturated carbocycles. The molecule has 0 unspecified atom stereocenters. The normalized spacial score (nSPS) is 10.6. The van der Waals surface area contributed by atoms with Crippen molar-refractivity contribution in [1.82, 2.24) is 4.98 Å². The van der Waals surface area contributed by atoms with E-state index >= 15 is 0 Å². The van der Waals surface area contributed by atoms with Crippen LogP contribution in [0.15, 0.2) is 30.3 Å². The van der Waals surface area contributed by atoms with Crippen LogP contribution in [0.25, 0.3) is 0 Å². The molecule has 1 heterocycles. The maximum Gasteiger partial charge on any atom is 0.354 e. The van der Waals surface area contributed by atoms with E-state index < -0.39 is 0 Å². The van der Waals surface area contributed by atoms with Crippen LogP contribution in [0.1, 0.15) is 34.2 Å². The molecule has 20 heavy (non-hydrogen) atoms. The first-order chi connectivity index (χ1) is 9.60. The third-order valence-corrected chi connectivity index (χ3v) is 3.21. The molecule has 0 spiro atoms. The lowest BCUT2D eigenvalue weighted by Crippen LogP contribution is -2.04. The molecule has 0 bridgehead atoms. The second-order valence-electron chi connectivity index (χ2n) is 4.68. The minimum atomic E-state index is -0.330. The molecule has 0 aliphatic carbocycles. The van der Waals surface area contributed by atoms with Gasteiger partial charge in [-0.2, -0.15) is 0 Å². The zero-order valence-electron chi connectivity index (χ0n) is 11.7. The topological polar surface area (TPSA) is 42.1 Å². The predicted molar refractivity (Wildman–Crippen MR) is 75.3 cm³/mol. The molecule has 3 nitrogen and oxygen atoms in total. The maximum absolute atomic E-state index is 12.8. The number of rotatable bonds is 5. The van der Waals surface area contributed by atoms with Gasteiger partial charge in [0.15, 0.2) is 0 Å². The van der Waals surface area contributed by atoms with Crippen molar-refractivity contribution in [2.24, 2.45) is 0 Å².